The first kappa shape index (κ1) is 27.8. The molecule has 0 fully saturated rings. The molecule has 2 rings (SSSR count). The molecule has 0 bridgehead atoms. The number of halogens is 1. The molecule has 0 aliphatic carbocycles. The van der Waals surface area contributed by atoms with Gasteiger partial charge in [0, 0.05) is 45.0 Å². The second-order valence-electron chi connectivity index (χ2n) is 7.76. The molecule has 0 aliphatic heterocycles. The Kier molecular flexibility index (Phi) is 13.3. The van der Waals surface area contributed by atoms with Gasteiger partial charge in [-0.05, 0) is 36.6 Å². The summed E-state index contributed by atoms with van der Waals surface area (Å²) < 4.78 is 11.0. The van der Waals surface area contributed by atoms with Gasteiger partial charge < -0.3 is 19.7 Å². The van der Waals surface area contributed by atoms with E-state index in [2.05, 4.69) is 10.3 Å². The number of hydrogen-bond acceptors (Lipinski definition) is 7. The fourth-order valence-electron chi connectivity index (χ4n) is 2.99. The van der Waals surface area contributed by atoms with E-state index in [9.17, 15) is 10.1 Å². The highest BCUT2D eigenvalue weighted by molar-refractivity contribution is 7.16. The number of nitrogens with zero attached hydrogens (tertiary/aromatic N) is 3. The summed E-state index contributed by atoms with van der Waals surface area (Å²) in [5, 5.41) is 12.7. The number of benzene rings is 1. The van der Waals surface area contributed by atoms with Crippen molar-refractivity contribution >= 4 is 40.6 Å². The number of thiazole rings is 1. The van der Waals surface area contributed by atoms with Crippen molar-refractivity contribution < 1.29 is 14.3 Å². The van der Waals surface area contributed by atoms with Crippen LogP contribution >= 0.6 is 22.9 Å². The van der Waals surface area contributed by atoms with E-state index in [-0.39, 0.29) is 5.57 Å². The maximum atomic E-state index is 12.3. The maximum Gasteiger partial charge on any atom is 0.262 e. The zero-order valence-electron chi connectivity index (χ0n) is 19.9. The van der Waals surface area contributed by atoms with Crippen LogP contribution in [0.15, 0.2) is 36.0 Å². The fraction of sp³-hybridized carbons (Fsp3) is 0.480. The second kappa shape index (κ2) is 16.2. The Balaban J connectivity index is 1.69. The van der Waals surface area contributed by atoms with E-state index in [1.54, 1.807) is 6.20 Å². The van der Waals surface area contributed by atoms with Gasteiger partial charge in [0.15, 0.2) is 0 Å². The summed E-state index contributed by atoms with van der Waals surface area (Å²) in [4.78, 5) is 19.7. The van der Waals surface area contributed by atoms with Crippen LogP contribution < -0.4 is 10.2 Å². The second-order valence-corrected chi connectivity index (χ2v) is 9.20. The lowest BCUT2D eigenvalue weighted by Gasteiger charge is -2.12. The van der Waals surface area contributed by atoms with Crippen molar-refractivity contribution in [3.63, 3.8) is 0 Å². The lowest BCUT2D eigenvalue weighted by molar-refractivity contribution is -0.117. The van der Waals surface area contributed by atoms with Gasteiger partial charge in [-0.1, -0.05) is 25.0 Å². The Hall–Kier alpha value is -2.44. The predicted octanol–water partition coefficient (Wildman–Crippen LogP) is 4.73. The molecule has 7 nitrogen and oxygen atoms in total. The number of unbranched alkanes of at least 4 members (excludes halogenated alkanes) is 3. The van der Waals surface area contributed by atoms with Gasteiger partial charge in [0.1, 0.15) is 16.6 Å². The van der Waals surface area contributed by atoms with Gasteiger partial charge in [-0.15, -0.1) is 22.9 Å². The Labute approximate surface area is 211 Å². The number of carbonyl (C=O) groups excluding carboxylic acids is 1. The van der Waals surface area contributed by atoms with Gasteiger partial charge in [0.2, 0.25) is 0 Å². The molecule has 0 spiro atoms. The quantitative estimate of drug-likeness (QED) is 0.154. The van der Waals surface area contributed by atoms with Gasteiger partial charge in [-0.3, -0.25) is 4.79 Å². The van der Waals surface area contributed by atoms with Crippen molar-refractivity contribution in [2.75, 3.05) is 57.8 Å². The minimum absolute atomic E-state index is 0.0151. The van der Waals surface area contributed by atoms with E-state index in [4.69, 9.17) is 21.1 Å². The Morgan fingerprint density at radius 1 is 1.12 bits per heavy atom. The van der Waals surface area contributed by atoms with E-state index in [0.29, 0.717) is 31.4 Å². The number of carbonyl (C=O) groups is 1. The number of anilines is 1. The SMILES string of the molecule is CN(C)c1ccc(-c2cnc(/C=C(\C#N)C(=O)NCCOCCOCCCCCCCl)s2)cc1. The third-order valence-corrected chi connectivity index (χ3v) is 6.16. The average Bonchev–Trinajstić information content (AvgIpc) is 3.31. The molecule has 1 amide bonds. The van der Waals surface area contributed by atoms with Gasteiger partial charge in [-0.25, -0.2) is 4.98 Å². The average molecular weight is 505 g/mol. The molecule has 1 aromatic carbocycles. The largest absolute Gasteiger partial charge is 0.379 e. The number of rotatable bonds is 16. The van der Waals surface area contributed by atoms with Crippen LogP contribution in [0.2, 0.25) is 0 Å². The number of amides is 1. The molecule has 1 N–H and O–H groups in total. The van der Waals surface area contributed by atoms with Gasteiger partial charge in [0.05, 0.1) is 24.7 Å². The van der Waals surface area contributed by atoms with E-state index < -0.39 is 5.91 Å². The van der Waals surface area contributed by atoms with Crippen LogP contribution in [0.4, 0.5) is 5.69 Å². The Morgan fingerprint density at radius 2 is 1.82 bits per heavy atom. The molecule has 0 unspecified atom stereocenters. The minimum Gasteiger partial charge on any atom is -0.379 e. The molecule has 2 aromatic rings. The number of ether oxygens (including phenoxy) is 2. The molecule has 34 heavy (non-hydrogen) atoms. The monoisotopic (exact) mass is 504 g/mol. The van der Waals surface area contributed by atoms with Crippen LogP contribution in [0.5, 0.6) is 0 Å². The number of nitriles is 1. The first-order chi connectivity index (χ1) is 16.5. The van der Waals surface area contributed by atoms with Gasteiger partial charge >= 0.3 is 0 Å². The molecule has 0 saturated carbocycles. The smallest absolute Gasteiger partial charge is 0.262 e. The highest BCUT2D eigenvalue weighted by atomic mass is 35.5. The predicted molar refractivity (Wildman–Crippen MR) is 139 cm³/mol. The summed E-state index contributed by atoms with van der Waals surface area (Å²) in [6.45, 7) is 2.39. The number of aromatic nitrogens is 1. The first-order valence-electron chi connectivity index (χ1n) is 11.4. The Morgan fingerprint density at radius 3 is 2.50 bits per heavy atom. The molecular weight excluding hydrogens is 472 g/mol. The molecule has 0 radical (unpaired) electrons. The zero-order valence-corrected chi connectivity index (χ0v) is 21.5. The van der Waals surface area contributed by atoms with Crippen molar-refractivity contribution in [2.45, 2.75) is 25.7 Å². The van der Waals surface area contributed by atoms with Crippen LogP contribution in [0, 0.1) is 11.3 Å². The normalized spacial score (nSPS) is 11.3. The summed E-state index contributed by atoms with van der Waals surface area (Å²) in [6.07, 6.45) is 7.61. The van der Waals surface area contributed by atoms with Crippen LogP contribution in [0.1, 0.15) is 30.7 Å². The van der Waals surface area contributed by atoms with Crippen LogP contribution in [0.3, 0.4) is 0 Å². The van der Waals surface area contributed by atoms with Crippen molar-refractivity contribution in [2.24, 2.45) is 0 Å². The molecule has 0 atom stereocenters. The van der Waals surface area contributed by atoms with Gasteiger partial charge in [-0.2, -0.15) is 5.26 Å². The van der Waals surface area contributed by atoms with Gasteiger partial charge in [0.25, 0.3) is 5.91 Å². The molecule has 0 aliphatic rings. The summed E-state index contributed by atoms with van der Waals surface area (Å²) in [6, 6.07) is 10.1. The number of nitrogens with one attached hydrogen (secondary N) is 1. The van der Waals surface area contributed by atoms with Crippen LogP contribution in [0.25, 0.3) is 16.5 Å². The summed E-state index contributed by atoms with van der Waals surface area (Å²) in [7, 11) is 3.99. The van der Waals surface area contributed by atoms with E-state index in [1.807, 2.05) is 49.3 Å². The maximum absolute atomic E-state index is 12.3. The lowest BCUT2D eigenvalue weighted by Crippen LogP contribution is -2.28. The van der Waals surface area contributed by atoms with Crippen molar-refractivity contribution in [3.05, 3.63) is 41.0 Å². The standard InChI is InChI=1S/C25H33ClN4O3S/c1-30(2)22-9-7-20(8-10-22)23-19-29-24(34-23)17-21(18-27)25(31)28-12-14-33-16-15-32-13-6-4-3-5-11-26/h7-10,17,19H,3-6,11-16H2,1-2H3,(H,28,31)/b21-17+. The van der Waals surface area contributed by atoms with Crippen molar-refractivity contribution in [3.8, 4) is 16.5 Å². The highest BCUT2D eigenvalue weighted by Gasteiger charge is 2.11. The summed E-state index contributed by atoms with van der Waals surface area (Å²) >= 11 is 7.07. The molecular formula is C25H33ClN4O3S. The summed E-state index contributed by atoms with van der Waals surface area (Å²) in [5.74, 6) is 0.279. The third-order valence-electron chi connectivity index (χ3n) is 4.90. The topological polar surface area (TPSA) is 87.5 Å². The molecule has 1 aromatic heterocycles. The third kappa shape index (κ3) is 10.2. The van der Waals surface area contributed by atoms with Crippen molar-refractivity contribution in [1.82, 2.24) is 10.3 Å². The van der Waals surface area contributed by atoms with E-state index in [1.165, 1.54) is 17.4 Å². The highest BCUT2D eigenvalue weighted by Crippen LogP contribution is 2.28. The molecule has 1 heterocycles. The molecule has 184 valence electrons. The number of alkyl halides is 1. The summed E-state index contributed by atoms with van der Waals surface area (Å²) in [5.41, 5.74) is 2.17. The fourth-order valence-corrected chi connectivity index (χ4v) is 4.05. The lowest BCUT2D eigenvalue weighted by atomic mass is 10.2. The van der Waals surface area contributed by atoms with E-state index in [0.717, 1.165) is 54.3 Å². The molecule has 9 heteroatoms. The van der Waals surface area contributed by atoms with Crippen molar-refractivity contribution in [1.29, 1.82) is 5.26 Å². The number of hydrogen-bond donors (Lipinski definition) is 1. The van der Waals surface area contributed by atoms with Crippen LogP contribution in [-0.2, 0) is 14.3 Å². The first-order valence-corrected chi connectivity index (χ1v) is 12.7. The van der Waals surface area contributed by atoms with Crippen LogP contribution in [-0.4, -0.2) is 63.8 Å². The molecule has 0 saturated heterocycles. The van der Waals surface area contributed by atoms with E-state index >= 15 is 0 Å². The minimum atomic E-state index is -0.439. The Bertz CT molecular complexity index is 938. The zero-order chi connectivity index (χ0) is 24.6.